The van der Waals surface area contributed by atoms with Gasteiger partial charge in [0.2, 0.25) is 0 Å². The molecule has 0 heterocycles. The van der Waals surface area contributed by atoms with Crippen molar-refractivity contribution < 1.29 is 19.1 Å². The van der Waals surface area contributed by atoms with Gasteiger partial charge in [0.1, 0.15) is 17.2 Å². The third-order valence-electron chi connectivity index (χ3n) is 4.04. The van der Waals surface area contributed by atoms with E-state index < -0.39 is 6.10 Å². The first-order valence-electron chi connectivity index (χ1n) is 8.93. The lowest BCUT2D eigenvalue weighted by molar-refractivity contribution is -0.122. The largest absolute Gasteiger partial charge is 0.481 e. The summed E-state index contributed by atoms with van der Waals surface area (Å²) in [7, 11) is 0. The molecule has 1 N–H and O–H groups in total. The first-order chi connectivity index (χ1) is 13.5. The summed E-state index contributed by atoms with van der Waals surface area (Å²) in [5, 5.41) is 2.81. The third-order valence-corrected chi connectivity index (χ3v) is 4.04. The number of amides is 1. The highest BCUT2D eigenvalue weighted by atomic mass is 16.5. The fourth-order valence-corrected chi connectivity index (χ4v) is 2.50. The van der Waals surface area contributed by atoms with Crippen molar-refractivity contribution in [3.8, 4) is 17.2 Å². The lowest BCUT2D eigenvalue weighted by atomic mass is 10.1. The van der Waals surface area contributed by atoms with E-state index in [1.165, 1.54) is 6.92 Å². The number of rotatable bonds is 7. The maximum atomic E-state index is 12.3. The Balaban J connectivity index is 1.55. The van der Waals surface area contributed by atoms with Crippen molar-refractivity contribution in [2.45, 2.75) is 20.0 Å². The van der Waals surface area contributed by atoms with E-state index in [4.69, 9.17) is 9.47 Å². The monoisotopic (exact) mass is 375 g/mol. The Morgan fingerprint density at radius 2 is 1.36 bits per heavy atom. The molecule has 0 aromatic heterocycles. The van der Waals surface area contributed by atoms with Crippen LogP contribution in [0.5, 0.6) is 17.2 Å². The molecule has 3 aromatic rings. The van der Waals surface area contributed by atoms with Crippen LogP contribution in [-0.2, 0) is 4.79 Å². The minimum atomic E-state index is -0.691. The first-order valence-corrected chi connectivity index (χ1v) is 8.93. The Hall–Kier alpha value is -3.60. The van der Waals surface area contributed by atoms with Gasteiger partial charge in [-0.1, -0.05) is 18.2 Å². The molecule has 0 saturated heterocycles. The number of Topliss-reactive ketones (excluding diaryl/α,β-unsaturated/α-hetero) is 1. The Morgan fingerprint density at radius 3 is 1.96 bits per heavy atom. The number of ether oxygens (including phenoxy) is 2. The molecule has 142 valence electrons. The van der Waals surface area contributed by atoms with E-state index in [0.717, 1.165) is 5.75 Å². The van der Waals surface area contributed by atoms with Crippen molar-refractivity contribution in [1.29, 1.82) is 0 Å². The highest BCUT2D eigenvalue weighted by molar-refractivity contribution is 5.95. The van der Waals surface area contributed by atoms with Crippen LogP contribution in [0.1, 0.15) is 24.2 Å². The predicted molar refractivity (Wildman–Crippen MR) is 108 cm³/mol. The summed E-state index contributed by atoms with van der Waals surface area (Å²) in [5.74, 6) is 1.67. The lowest BCUT2D eigenvalue weighted by Gasteiger charge is -2.15. The second-order valence-electron chi connectivity index (χ2n) is 6.27. The van der Waals surface area contributed by atoms with Crippen LogP contribution in [-0.4, -0.2) is 17.8 Å². The molecule has 0 bridgehead atoms. The van der Waals surface area contributed by atoms with Crippen LogP contribution in [0, 0.1) is 0 Å². The third kappa shape index (κ3) is 5.20. The second-order valence-corrected chi connectivity index (χ2v) is 6.27. The molecule has 1 unspecified atom stereocenters. The molecule has 1 amide bonds. The molecule has 0 fully saturated rings. The SMILES string of the molecule is CC(=O)c1ccc(OC(C)C(=O)Nc2ccc(Oc3ccccc3)cc2)cc1. The minimum absolute atomic E-state index is 0.0166. The number of hydrogen-bond donors (Lipinski definition) is 1. The van der Waals surface area contributed by atoms with Gasteiger partial charge in [-0.05, 0) is 74.5 Å². The summed E-state index contributed by atoms with van der Waals surface area (Å²) < 4.78 is 11.4. The van der Waals surface area contributed by atoms with Gasteiger partial charge in [0.25, 0.3) is 5.91 Å². The van der Waals surface area contributed by atoms with E-state index in [9.17, 15) is 9.59 Å². The van der Waals surface area contributed by atoms with Gasteiger partial charge < -0.3 is 14.8 Å². The van der Waals surface area contributed by atoms with Gasteiger partial charge in [0, 0.05) is 11.3 Å². The summed E-state index contributed by atoms with van der Waals surface area (Å²) in [6.07, 6.45) is -0.691. The number of anilines is 1. The maximum Gasteiger partial charge on any atom is 0.265 e. The van der Waals surface area contributed by atoms with Crippen molar-refractivity contribution in [2.75, 3.05) is 5.32 Å². The van der Waals surface area contributed by atoms with E-state index in [-0.39, 0.29) is 11.7 Å². The van der Waals surface area contributed by atoms with Crippen molar-refractivity contribution in [2.24, 2.45) is 0 Å². The molecule has 0 saturated carbocycles. The molecule has 0 aliphatic heterocycles. The number of hydrogen-bond acceptors (Lipinski definition) is 4. The summed E-state index contributed by atoms with van der Waals surface area (Å²) in [4.78, 5) is 23.6. The molecule has 5 heteroatoms. The molecule has 28 heavy (non-hydrogen) atoms. The lowest BCUT2D eigenvalue weighted by Crippen LogP contribution is -2.30. The van der Waals surface area contributed by atoms with E-state index in [2.05, 4.69) is 5.32 Å². The molecular formula is C23H21NO4. The number of para-hydroxylation sites is 1. The molecule has 0 spiro atoms. The predicted octanol–water partition coefficient (Wildman–Crippen LogP) is 5.09. The molecule has 0 aliphatic rings. The zero-order valence-electron chi connectivity index (χ0n) is 15.7. The van der Waals surface area contributed by atoms with Gasteiger partial charge in [-0.25, -0.2) is 0 Å². The quantitative estimate of drug-likeness (QED) is 0.584. The number of ketones is 1. The zero-order valence-corrected chi connectivity index (χ0v) is 15.7. The van der Waals surface area contributed by atoms with Crippen molar-refractivity contribution in [3.05, 3.63) is 84.4 Å². The molecule has 3 rings (SSSR count). The van der Waals surface area contributed by atoms with E-state index in [0.29, 0.717) is 22.7 Å². The van der Waals surface area contributed by atoms with Crippen LogP contribution in [0.2, 0.25) is 0 Å². The second kappa shape index (κ2) is 8.86. The van der Waals surface area contributed by atoms with Gasteiger partial charge >= 0.3 is 0 Å². The number of nitrogens with one attached hydrogen (secondary N) is 1. The fraction of sp³-hybridized carbons (Fsp3) is 0.130. The average Bonchev–Trinajstić information content (AvgIpc) is 2.70. The number of carbonyl (C=O) groups is 2. The Kier molecular flexibility index (Phi) is 6.07. The van der Waals surface area contributed by atoms with Crippen LogP contribution in [0.4, 0.5) is 5.69 Å². The summed E-state index contributed by atoms with van der Waals surface area (Å²) in [6.45, 7) is 3.17. The summed E-state index contributed by atoms with van der Waals surface area (Å²) >= 11 is 0. The molecule has 0 aliphatic carbocycles. The van der Waals surface area contributed by atoms with Gasteiger partial charge in [-0.2, -0.15) is 0 Å². The standard InChI is InChI=1S/C23H21NO4/c1-16(25)18-8-12-21(13-9-18)27-17(2)23(26)24-19-10-14-22(15-11-19)28-20-6-4-3-5-7-20/h3-15,17H,1-2H3,(H,24,26). The van der Waals surface area contributed by atoms with Gasteiger partial charge in [-0.15, -0.1) is 0 Å². The summed E-state index contributed by atoms with van der Waals surface area (Å²) in [6, 6.07) is 23.3. The van der Waals surface area contributed by atoms with E-state index in [1.54, 1.807) is 55.5 Å². The Morgan fingerprint density at radius 1 is 0.786 bits per heavy atom. The van der Waals surface area contributed by atoms with E-state index >= 15 is 0 Å². The Bertz CT molecular complexity index is 935. The smallest absolute Gasteiger partial charge is 0.265 e. The van der Waals surface area contributed by atoms with Crippen LogP contribution in [0.25, 0.3) is 0 Å². The van der Waals surface area contributed by atoms with Crippen molar-refractivity contribution in [3.63, 3.8) is 0 Å². The zero-order chi connectivity index (χ0) is 19.9. The topological polar surface area (TPSA) is 64.6 Å². The highest BCUT2D eigenvalue weighted by Gasteiger charge is 2.15. The minimum Gasteiger partial charge on any atom is -0.481 e. The summed E-state index contributed by atoms with van der Waals surface area (Å²) in [5.41, 5.74) is 1.25. The average molecular weight is 375 g/mol. The highest BCUT2D eigenvalue weighted by Crippen LogP contribution is 2.23. The van der Waals surface area contributed by atoms with E-state index in [1.807, 2.05) is 30.3 Å². The fourth-order valence-electron chi connectivity index (χ4n) is 2.50. The van der Waals surface area contributed by atoms with Crippen molar-refractivity contribution >= 4 is 17.4 Å². The number of carbonyl (C=O) groups excluding carboxylic acids is 2. The van der Waals surface area contributed by atoms with Crippen LogP contribution in [0.3, 0.4) is 0 Å². The van der Waals surface area contributed by atoms with Crippen molar-refractivity contribution in [1.82, 2.24) is 0 Å². The number of benzene rings is 3. The molecule has 5 nitrogen and oxygen atoms in total. The van der Waals surface area contributed by atoms with Crippen LogP contribution >= 0.6 is 0 Å². The Labute approximate surface area is 163 Å². The molecular weight excluding hydrogens is 354 g/mol. The first kappa shape index (κ1) is 19.2. The molecule has 0 radical (unpaired) electrons. The molecule has 1 atom stereocenters. The van der Waals surface area contributed by atoms with Crippen LogP contribution in [0.15, 0.2) is 78.9 Å². The van der Waals surface area contributed by atoms with Crippen LogP contribution < -0.4 is 14.8 Å². The molecule has 3 aromatic carbocycles. The van der Waals surface area contributed by atoms with Gasteiger partial charge in [0.15, 0.2) is 11.9 Å². The van der Waals surface area contributed by atoms with Gasteiger partial charge in [-0.3, -0.25) is 9.59 Å². The normalized spacial score (nSPS) is 11.4. The maximum absolute atomic E-state index is 12.3. The van der Waals surface area contributed by atoms with Gasteiger partial charge in [0.05, 0.1) is 0 Å².